The molecular formula is C19H16N4O2S. The second-order valence-electron chi connectivity index (χ2n) is 5.64. The van der Waals surface area contributed by atoms with Crippen molar-refractivity contribution in [3.8, 4) is 26.9 Å². The summed E-state index contributed by atoms with van der Waals surface area (Å²) >= 11 is 1.55. The Hall–Kier alpha value is -3.03. The molecule has 0 amide bonds. The molecule has 0 aliphatic heterocycles. The Balaban J connectivity index is 1.82. The molecule has 4 rings (SSSR count). The van der Waals surface area contributed by atoms with Gasteiger partial charge in [-0.3, -0.25) is 10.1 Å². The van der Waals surface area contributed by atoms with Crippen LogP contribution in [0.1, 0.15) is 17.2 Å². The van der Waals surface area contributed by atoms with Crippen LogP contribution in [0.5, 0.6) is 5.75 Å². The number of ether oxygens (including phenoxy) is 1. The third-order valence-corrected chi connectivity index (χ3v) is 5.27. The molecule has 0 aliphatic rings. The summed E-state index contributed by atoms with van der Waals surface area (Å²) in [6.45, 7) is 0. The zero-order chi connectivity index (χ0) is 17.9. The summed E-state index contributed by atoms with van der Waals surface area (Å²) in [6.07, 6.45) is 4.16. The maximum Gasteiger partial charge on any atom is 0.165 e. The van der Waals surface area contributed by atoms with E-state index < -0.39 is 6.10 Å². The second-order valence-corrected chi connectivity index (χ2v) is 6.70. The van der Waals surface area contributed by atoms with Gasteiger partial charge >= 0.3 is 0 Å². The van der Waals surface area contributed by atoms with E-state index in [9.17, 15) is 5.11 Å². The fourth-order valence-electron chi connectivity index (χ4n) is 2.76. The topological polar surface area (TPSA) is 83.9 Å². The summed E-state index contributed by atoms with van der Waals surface area (Å²) < 4.78 is 5.27. The molecule has 0 fully saturated rings. The lowest BCUT2D eigenvalue weighted by Gasteiger charge is -2.12. The molecule has 2 N–H and O–H groups in total. The number of aliphatic hydroxyl groups excluding tert-OH is 1. The molecule has 7 heteroatoms. The van der Waals surface area contributed by atoms with Crippen LogP contribution >= 0.6 is 11.3 Å². The van der Waals surface area contributed by atoms with Crippen molar-refractivity contribution in [3.05, 3.63) is 72.3 Å². The first kappa shape index (κ1) is 16.4. The summed E-state index contributed by atoms with van der Waals surface area (Å²) in [6, 6.07) is 13.3. The number of rotatable bonds is 5. The van der Waals surface area contributed by atoms with Crippen LogP contribution in [0.2, 0.25) is 0 Å². The van der Waals surface area contributed by atoms with Gasteiger partial charge in [-0.15, -0.1) is 11.3 Å². The van der Waals surface area contributed by atoms with Crippen LogP contribution in [-0.4, -0.2) is 32.4 Å². The number of benzene rings is 1. The van der Waals surface area contributed by atoms with Gasteiger partial charge in [0.2, 0.25) is 0 Å². The Bertz CT molecular complexity index is 1000. The Morgan fingerprint density at radius 1 is 1.15 bits per heavy atom. The highest BCUT2D eigenvalue weighted by molar-refractivity contribution is 7.19. The van der Waals surface area contributed by atoms with Crippen molar-refractivity contribution in [3.63, 3.8) is 0 Å². The van der Waals surface area contributed by atoms with Crippen molar-refractivity contribution < 1.29 is 9.84 Å². The number of aromatic amines is 1. The molecule has 1 unspecified atom stereocenters. The molecule has 26 heavy (non-hydrogen) atoms. The molecule has 0 bridgehead atoms. The van der Waals surface area contributed by atoms with Crippen molar-refractivity contribution in [2.24, 2.45) is 0 Å². The second kappa shape index (κ2) is 7.07. The largest absolute Gasteiger partial charge is 0.497 e. The van der Waals surface area contributed by atoms with Crippen molar-refractivity contribution in [2.75, 3.05) is 7.11 Å². The van der Waals surface area contributed by atoms with E-state index in [-0.39, 0.29) is 0 Å². The Kier molecular flexibility index (Phi) is 4.47. The molecule has 3 heterocycles. The minimum absolute atomic E-state index is 0.632. The van der Waals surface area contributed by atoms with Gasteiger partial charge in [0.15, 0.2) is 5.82 Å². The molecule has 0 aliphatic carbocycles. The van der Waals surface area contributed by atoms with Crippen molar-refractivity contribution in [2.45, 2.75) is 6.10 Å². The number of methoxy groups -OCH3 is 1. The van der Waals surface area contributed by atoms with Crippen LogP contribution in [0.25, 0.3) is 21.1 Å². The molecule has 6 nitrogen and oxygen atoms in total. The first-order chi connectivity index (χ1) is 12.8. The number of H-pyrrole nitrogens is 1. The maximum absolute atomic E-state index is 11.0. The van der Waals surface area contributed by atoms with E-state index in [0.717, 1.165) is 26.4 Å². The summed E-state index contributed by atoms with van der Waals surface area (Å²) in [5.41, 5.74) is 2.56. The number of nitrogens with zero attached hydrogens (tertiary/aromatic N) is 3. The minimum Gasteiger partial charge on any atom is -0.497 e. The lowest BCUT2D eigenvalue weighted by molar-refractivity contribution is 0.221. The summed E-state index contributed by atoms with van der Waals surface area (Å²) in [4.78, 5) is 10.2. The van der Waals surface area contributed by atoms with Gasteiger partial charge in [0, 0.05) is 22.8 Å². The highest BCUT2D eigenvalue weighted by Crippen LogP contribution is 2.41. The van der Waals surface area contributed by atoms with Crippen LogP contribution in [-0.2, 0) is 0 Å². The third kappa shape index (κ3) is 3.10. The molecule has 0 saturated heterocycles. The highest BCUT2D eigenvalue weighted by Gasteiger charge is 2.22. The zero-order valence-electron chi connectivity index (χ0n) is 14.0. The quantitative estimate of drug-likeness (QED) is 0.564. The molecule has 130 valence electrons. The van der Waals surface area contributed by atoms with Gasteiger partial charge in [0.05, 0.1) is 12.0 Å². The highest BCUT2D eigenvalue weighted by atomic mass is 32.1. The molecule has 1 aromatic carbocycles. The normalized spacial score (nSPS) is 12.1. The average Bonchev–Trinajstić information content (AvgIpc) is 3.38. The maximum atomic E-state index is 11.0. The van der Waals surface area contributed by atoms with Gasteiger partial charge in [0.1, 0.15) is 18.2 Å². The lowest BCUT2D eigenvalue weighted by Crippen LogP contribution is -2.00. The predicted octanol–water partition coefficient (Wildman–Crippen LogP) is 3.69. The smallest absolute Gasteiger partial charge is 0.165 e. The third-order valence-electron chi connectivity index (χ3n) is 4.06. The molecule has 3 aromatic heterocycles. The van der Waals surface area contributed by atoms with Gasteiger partial charge in [-0.25, -0.2) is 4.98 Å². The SMILES string of the molecule is COc1cccc(C(O)c2cc(-c3ccncc3)sc2-c2ncn[nH]2)c1. The number of pyridine rings is 1. The van der Waals surface area contributed by atoms with Gasteiger partial charge in [0.25, 0.3) is 0 Å². The van der Waals surface area contributed by atoms with E-state index in [4.69, 9.17) is 4.74 Å². The summed E-state index contributed by atoms with van der Waals surface area (Å²) in [5.74, 6) is 1.33. The number of hydrogen-bond donors (Lipinski definition) is 2. The molecule has 4 aromatic rings. The van der Waals surface area contributed by atoms with Crippen LogP contribution in [0.15, 0.2) is 61.2 Å². The average molecular weight is 364 g/mol. The van der Waals surface area contributed by atoms with Crippen LogP contribution in [0, 0.1) is 0 Å². The van der Waals surface area contributed by atoms with E-state index >= 15 is 0 Å². The van der Waals surface area contributed by atoms with E-state index in [1.807, 2.05) is 42.5 Å². The van der Waals surface area contributed by atoms with E-state index in [1.54, 1.807) is 30.8 Å². The van der Waals surface area contributed by atoms with Gasteiger partial charge < -0.3 is 9.84 Å². The number of thiophene rings is 1. The number of aromatic nitrogens is 4. The summed E-state index contributed by atoms with van der Waals surface area (Å²) in [7, 11) is 1.61. The Morgan fingerprint density at radius 3 is 2.73 bits per heavy atom. The lowest BCUT2D eigenvalue weighted by atomic mass is 10.0. The minimum atomic E-state index is -0.808. The molecule has 1 atom stereocenters. The first-order valence-corrected chi connectivity index (χ1v) is 8.80. The molecule has 0 spiro atoms. The van der Waals surface area contributed by atoms with Gasteiger partial charge in [-0.05, 0) is 41.5 Å². The van der Waals surface area contributed by atoms with Crippen molar-refractivity contribution >= 4 is 11.3 Å². The first-order valence-electron chi connectivity index (χ1n) is 7.98. The predicted molar refractivity (Wildman–Crippen MR) is 100.0 cm³/mol. The summed E-state index contributed by atoms with van der Waals surface area (Å²) in [5, 5.41) is 17.9. The molecule has 0 saturated carbocycles. The van der Waals surface area contributed by atoms with Crippen LogP contribution in [0.3, 0.4) is 0 Å². The van der Waals surface area contributed by atoms with E-state index in [2.05, 4.69) is 20.2 Å². The van der Waals surface area contributed by atoms with Gasteiger partial charge in [-0.1, -0.05) is 12.1 Å². The van der Waals surface area contributed by atoms with Crippen molar-refractivity contribution in [1.29, 1.82) is 0 Å². The zero-order valence-corrected chi connectivity index (χ0v) is 14.8. The van der Waals surface area contributed by atoms with Crippen LogP contribution in [0.4, 0.5) is 0 Å². The number of aliphatic hydroxyl groups is 1. The molecular weight excluding hydrogens is 348 g/mol. The number of hydrogen-bond acceptors (Lipinski definition) is 6. The van der Waals surface area contributed by atoms with Crippen molar-refractivity contribution in [1.82, 2.24) is 20.2 Å². The van der Waals surface area contributed by atoms with E-state index in [1.165, 1.54) is 6.33 Å². The molecule has 0 radical (unpaired) electrons. The Labute approximate surface area is 154 Å². The fraction of sp³-hybridized carbons (Fsp3) is 0.105. The van der Waals surface area contributed by atoms with E-state index in [0.29, 0.717) is 11.6 Å². The Morgan fingerprint density at radius 2 is 2.00 bits per heavy atom. The standard InChI is InChI=1S/C19H16N4O2S/c1-25-14-4-2-3-13(9-14)17(24)15-10-16(12-5-7-20-8-6-12)26-18(15)19-21-11-22-23-19/h2-11,17,24H,1H3,(H,21,22,23). The van der Waals surface area contributed by atoms with Crippen LogP contribution < -0.4 is 4.74 Å². The van der Waals surface area contributed by atoms with Gasteiger partial charge in [-0.2, -0.15) is 5.10 Å². The monoisotopic (exact) mass is 364 g/mol. The fourth-order valence-corrected chi connectivity index (χ4v) is 3.90. The number of nitrogens with one attached hydrogen (secondary N) is 1.